The number of benzene rings is 2. The van der Waals surface area contributed by atoms with Gasteiger partial charge in [0.15, 0.2) is 0 Å². The van der Waals surface area contributed by atoms with Crippen molar-refractivity contribution in [3.63, 3.8) is 0 Å². The number of rotatable bonds is 5. The Balaban J connectivity index is 1.75. The molecule has 0 aliphatic rings. The van der Waals surface area contributed by atoms with Crippen LogP contribution in [0.4, 0.5) is 5.13 Å². The standard InChI is InChI=1S/C15H10Cl3N3O2S2/c16-11-4-2-10(3-5-11)14-19-20-15(24-14)21-25(22,23)8-9-1-6-12(17)13(18)7-9/h1-7H,8H2,(H,20,21). The molecule has 1 N–H and O–H groups in total. The van der Waals surface area contributed by atoms with Gasteiger partial charge in [-0.3, -0.25) is 4.72 Å². The lowest BCUT2D eigenvalue weighted by atomic mass is 10.2. The van der Waals surface area contributed by atoms with Crippen LogP contribution in [0, 0.1) is 0 Å². The summed E-state index contributed by atoms with van der Waals surface area (Å²) in [6.07, 6.45) is 0. The molecular formula is C15H10Cl3N3O2S2. The molecule has 0 saturated heterocycles. The number of hydrogen-bond acceptors (Lipinski definition) is 5. The van der Waals surface area contributed by atoms with E-state index in [4.69, 9.17) is 34.8 Å². The summed E-state index contributed by atoms with van der Waals surface area (Å²) in [7, 11) is -3.66. The van der Waals surface area contributed by atoms with Crippen LogP contribution in [-0.4, -0.2) is 18.6 Å². The van der Waals surface area contributed by atoms with E-state index in [1.807, 2.05) is 0 Å². The zero-order chi connectivity index (χ0) is 18.0. The first-order chi connectivity index (χ1) is 11.8. The van der Waals surface area contributed by atoms with Crippen molar-refractivity contribution < 1.29 is 8.42 Å². The molecule has 130 valence electrons. The van der Waals surface area contributed by atoms with Crippen molar-refractivity contribution >= 4 is 61.3 Å². The molecule has 10 heteroatoms. The third-order valence-corrected chi connectivity index (χ3v) is 6.33. The van der Waals surface area contributed by atoms with Crippen LogP contribution >= 0.6 is 46.1 Å². The molecule has 0 radical (unpaired) electrons. The Morgan fingerprint density at radius 2 is 1.68 bits per heavy atom. The Hall–Kier alpha value is -1.38. The van der Waals surface area contributed by atoms with Crippen LogP contribution in [0.1, 0.15) is 5.56 Å². The average Bonchev–Trinajstić information content (AvgIpc) is 2.99. The Labute approximate surface area is 163 Å². The number of aromatic nitrogens is 2. The van der Waals surface area contributed by atoms with Crippen LogP contribution in [-0.2, 0) is 15.8 Å². The summed E-state index contributed by atoms with van der Waals surface area (Å²) in [6.45, 7) is 0. The Morgan fingerprint density at radius 1 is 0.960 bits per heavy atom. The van der Waals surface area contributed by atoms with E-state index in [1.165, 1.54) is 6.07 Å². The second kappa shape index (κ2) is 7.47. The monoisotopic (exact) mass is 433 g/mol. The van der Waals surface area contributed by atoms with E-state index < -0.39 is 10.0 Å². The van der Waals surface area contributed by atoms with Gasteiger partial charge in [0.2, 0.25) is 15.2 Å². The first kappa shape index (κ1) is 18.4. The maximum atomic E-state index is 12.3. The van der Waals surface area contributed by atoms with Gasteiger partial charge in [0.25, 0.3) is 0 Å². The fourth-order valence-corrected chi connectivity index (χ4v) is 4.58. The topological polar surface area (TPSA) is 72.0 Å². The molecule has 5 nitrogen and oxygen atoms in total. The van der Waals surface area contributed by atoms with Crippen LogP contribution in [0.2, 0.25) is 15.1 Å². The number of hydrogen-bond donors (Lipinski definition) is 1. The van der Waals surface area contributed by atoms with Crippen molar-refractivity contribution in [2.45, 2.75) is 5.75 Å². The molecule has 3 rings (SSSR count). The zero-order valence-electron chi connectivity index (χ0n) is 12.4. The van der Waals surface area contributed by atoms with Crippen molar-refractivity contribution in [1.82, 2.24) is 10.2 Å². The van der Waals surface area contributed by atoms with Gasteiger partial charge in [-0.15, -0.1) is 10.2 Å². The molecule has 0 atom stereocenters. The van der Waals surface area contributed by atoms with Crippen LogP contribution in [0.15, 0.2) is 42.5 Å². The van der Waals surface area contributed by atoms with Crippen molar-refractivity contribution in [1.29, 1.82) is 0 Å². The smallest absolute Gasteiger partial charge is 0.238 e. The van der Waals surface area contributed by atoms with Gasteiger partial charge in [-0.25, -0.2) is 8.42 Å². The minimum Gasteiger partial charge on any atom is -0.257 e. The highest BCUT2D eigenvalue weighted by Gasteiger charge is 2.16. The highest BCUT2D eigenvalue weighted by molar-refractivity contribution is 7.92. The largest absolute Gasteiger partial charge is 0.257 e. The minimum absolute atomic E-state index is 0.185. The molecule has 1 aromatic heterocycles. The molecule has 0 fully saturated rings. The first-order valence-electron chi connectivity index (χ1n) is 6.86. The van der Waals surface area contributed by atoms with E-state index in [9.17, 15) is 8.42 Å². The summed E-state index contributed by atoms with van der Waals surface area (Å²) in [5.74, 6) is -0.250. The van der Waals surface area contributed by atoms with Crippen molar-refractivity contribution in [3.05, 3.63) is 63.1 Å². The molecule has 0 spiro atoms. The molecule has 0 bridgehead atoms. The Morgan fingerprint density at radius 3 is 2.36 bits per heavy atom. The normalized spacial score (nSPS) is 11.5. The first-order valence-corrected chi connectivity index (χ1v) is 10.5. The summed E-state index contributed by atoms with van der Waals surface area (Å²) in [5.41, 5.74) is 1.32. The van der Waals surface area contributed by atoms with Crippen LogP contribution in [0.5, 0.6) is 0 Å². The predicted octanol–water partition coefficient (Wildman–Crippen LogP) is 5.11. The Kier molecular flexibility index (Phi) is 5.50. The number of anilines is 1. The second-order valence-corrected chi connectivity index (χ2v) is 8.98. The second-order valence-electron chi connectivity index (χ2n) is 5.03. The lowest BCUT2D eigenvalue weighted by Gasteiger charge is -2.05. The molecule has 0 unspecified atom stereocenters. The highest BCUT2D eigenvalue weighted by Crippen LogP contribution is 2.28. The molecule has 2 aromatic carbocycles. The van der Waals surface area contributed by atoms with Crippen LogP contribution in [0.3, 0.4) is 0 Å². The fourth-order valence-electron chi connectivity index (χ4n) is 1.99. The van der Waals surface area contributed by atoms with Crippen LogP contribution < -0.4 is 4.72 Å². The number of nitrogens with zero attached hydrogens (tertiary/aromatic N) is 2. The van der Waals surface area contributed by atoms with Gasteiger partial charge in [0, 0.05) is 10.6 Å². The summed E-state index contributed by atoms with van der Waals surface area (Å²) in [4.78, 5) is 0. The molecular weight excluding hydrogens is 425 g/mol. The number of nitrogens with one attached hydrogen (secondary N) is 1. The van der Waals surface area contributed by atoms with Crippen molar-refractivity contribution in [3.8, 4) is 10.6 Å². The van der Waals surface area contributed by atoms with Gasteiger partial charge < -0.3 is 0 Å². The lowest BCUT2D eigenvalue weighted by Crippen LogP contribution is -2.14. The van der Waals surface area contributed by atoms with E-state index in [2.05, 4.69) is 14.9 Å². The molecule has 25 heavy (non-hydrogen) atoms. The number of sulfonamides is 1. The predicted molar refractivity (Wildman–Crippen MR) is 103 cm³/mol. The fraction of sp³-hybridized carbons (Fsp3) is 0.0667. The average molecular weight is 435 g/mol. The minimum atomic E-state index is -3.66. The molecule has 3 aromatic rings. The molecule has 1 heterocycles. The zero-order valence-corrected chi connectivity index (χ0v) is 16.3. The lowest BCUT2D eigenvalue weighted by molar-refractivity contribution is 0.600. The van der Waals surface area contributed by atoms with E-state index in [0.29, 0.717) is 25.6 Å². The van der Waals surface area contributed by atoms with Gasteiger partial charge >= 0.3 is 0 Å². The maximum absolute atomic E-state index is 12.3. The molecule has 0 saturated carbocycles. The third-order valence-electron chi connectivity index (χ3n) is 3.10. The van der Waals surface area contributed by atoms with Gasteiger partial charge in [0.05, 0.1) is 15.8 Å². The molecule has 0 amide bonds. The molecule has 0 aliphatic heterocycles. The molecule has 0 aliphatic carbocycles. The summed E-state index contributed by atoms with van der Waals surface area (Å²) in [6, 6.07) is 11.7. The van der Waals surface area contributed by atoms with E-state index in [0.717, 1.165) is 16.9 Å². The van der Waals surface area contributed by atoms with E-state index >= 15 is 0 Å². The third kappa shape index (κ3) is 4.83. The SMILES string of the molecule is O=S(=O)(Cc1ccc(Cl)c(Cl)c1)Nc1nnc(-c2ccc(Cl)cc2)s1. The van der Waals surface area contributed by atoms with Crippen LogP contribution in [0.25, 0.3) is 10.6 Å². The summed E-state index contributed by atoms with van der Waals surface area (Å²) >= 11 is 18.7. The van der Waals surface area contributed by atoms with Gasteiger partial charge in [-0.2, -0.15) is 0 Å². The summed E-state index contributed by atoms with van der Waals surface area (Å²) in [5, 5.41) is 9.91. The van der Waals surface area contributed by atoms with Gasteiger partial charge in [-0.1, -0.05) is 64.3 Å². The van der Waals surface area contributed by atoms with E-state index in [-0.39, 0.29) is 10.9 Å². The van der Waals surface area contributed by atoms with Crippen molar-refractivity contribution in [2.75, 3.05) is 4.72 Å². The number of halogens is 3. The van der Waals surface area contributed by atoms with Crippen molar-refractivity contribution in [2.24, 2.45) is 0 Å². The van der Waals surface area contributed by atoms with E-state index in [1.54, 1.807) is 36.4 Å². The van der Waals surface area contributed by atoms with Gasteiger partial charge in [0.1, 0.15) is 5.01 Å². The maximum Gasteiger partial charge on any atom is 0.238 e. The Bertz CT molecular complexity index is 1010. The highest BCUT2D eigenvalue weighted by atomic mass is 35.5. The van der Waals surface area contributed by atoms with Gasteiger partial charge in [-0.05, 0) is 29.8 Å². The quantitative estimate of drug-likeness (QED) is 0.606. The summed E-state index contributed by atoms with van der Waals surface area (Å²) < 4.78 is 27.0.